The molecule has 0 bridgehead atoms. The molecule has 0 radical (unpaired) electrons. The normalized spacial score (nSPS) is 21.1. The summed E-state index contributed by atoms with van der Waals surface area (Å²) < 4.78 is 4.83. The SMILES string of the molecule is COC(=O)C1=C(Nc2ccc3c(c2)CC2(C3)C(=O)Nc3ncccc32)C(=O)N(CCO)C1. The first-order chi connectivity index (χ1) is 15.5. The fourth-order valence-electron chi connectivity index (χ4n) is 4.84. The van der Waals surface area contributed by atoms with Crippen molar-refractivity contribution in [3.63, 3.8) is 0 Å². The van der Waals surface area contributed by atoms with Crippen molar-refractivity contribution in [1.82, 2.24) is 9.88 Å². The number of hydrogen-bond acceptors (Lipinski definition) is 7. The molecule has 164 valence electrons. The Morgan fingerprint density at radius 1 is 1.28 bits per heavy atom. The van der Waals surface area contributed by atoms with Crippen LogP contribution in [0.4, 0.5) is 11.5 Å². The number of aliphatic hydroxyl groups is 1. The summed E-state index contributed by atoms with van der Waals surface area (Å²) in [6, 6.07) is 9.46. The van der Waals surface area contributed by atoms with Gasteiger partial charge in [0.25, 0.3) is 5.91 Å². The Bertz CT molecular complexity index is 1190. The van der Waals surface area contributed by atoms with E-state index in [0.29, 0.717) is 24.3 Å². The number of methoxy groups -OCH3 is 1. The molecule has 3 heterocycles. The Balaban J connectivity index is 1.45. The van der Waals surface area contributed by atoms with E-state index in [1.807, 2.05) is 30.3 Å². The summed E-state index contributed by atoms with van der Waals surface area (Å²) in [7, 11) is 1.26. The van der Waals surface area contributed by atoms with Crippen LogP contribution in [0.3, 0.4) is 0 Å². The molecule has 2 aliphatic heterocycles. The number of aromatic nitrogens is 1. The van der Waals surface area contributed by atoms with Gasteiger partial charge in [-0.05, 0) is 42.2 Å². The van der Waals surface area contributed by atoms with Gasteiger partial charge in [0, 0.05) is 24.0 Å². The summed E-state index contributed by atoms with van der Waals surface area (Å²) in [5.41, 5.74) is 3.29. The minimum atomic E-state index is -0.678. The maximum Gasteiger partial charge on any atom is 0.337 e. The highest BCUT2D eigenvalue weighted by Gasteiger charge is 2.51. The van der Waals surface area contributed by atoms with Crippen LogP contribution in [-0.4, -0.2) is 59.6 Å². The van der Waals surface area contributed by atoms with Crippen molar-refractivity contribution in [3.05, 3.63) is 64.5 Å². The van der Waals surface area contributed by atoms with E-state index in [1.165, 1.54) is 12.0 Å². The van der Waals surface area contributed by atoms with Crippen molar-refractivity contribution in [3.8, 4) is 0 Å². The molecule has 1 unspecified atom stereocenters. The fourth-order valence-corrected chi connectivity index (χ4v) is 4.84. The summed E-state index contributed by atoms with van der Waals surface area (Å²) >= 11 is 0. The molecular formula is C23H22N4O5. The zero-order chi connectivity index (χ0) is 22.5. The molecule has 2 aromatic rings. The lowest BCUT2D eigenvalue weighted by molar-refractivity contribution is -0.136. The first kappa shape index (κ1) is 20.2. The van der Waals surface area contributed by atoms with Gasteiger partial charge in [0.1, 0.15) is 11.5 Å². The van der Waals surface area contributed by atoms with Gasteiger partial charge in [-0.15, -0.1) is 0 Å². The minimum absolute atomic E-state index is 0.0572. The largest absolute Gasteiger partial charge is 0.466 e. The maximum atomic E-state index is 12.9. The highest BCUT2D eigenvalue weighted by atomic mass is 16.5. The second kappa shape index (κ2) is 7.45. The Labute approximate surface area is 184 Å². The van der Waals surface area contributed by atoms with Crippen LogP contribution < -0.4 is 10.6 Å². The standard InChI is InChI=1S/C23H22N4O5/c1-32-21(30)16-12-27(7-8-28)20(29)18(16)25-15-5-4-13-10-23(11-14(13)9-15)17-3-2-6-24-19(17)26-22(23)31/h2-6,9,25,28H,7-8,10-12H2,1H3,(H,24,26,31). The number of rotatable bonds is 5. The molecule has 3 aliphatic rings. The van der Waals surface area contributed by atoms with Gasteiger partial charge in [0.15, 0.2) is 0 Å². The number of carbonyl (C=O) groups excluding carboxylic acids is 3. The van der Waals surface area contributed by atoms with Gasteiger partial charge in [-0.2, -0.15) is 0 Å². The van der Waals surface area contributed by atoms with E-state index < -0.39 is 11.4 Å². The Hall–Kier alpha value is -3.72. The van der Waals surface area contributed by atoms with E-state index in [2.05, 4.69) is 15.6 Å². The lowest BCUT2D eigenvalue weighted by Crippen LogP contribution is -2.35. The van der Waals surface area contributed by atoms with Crippen molar-refractivity contribution >= 4 is 29.3 Å². The summed E-state index contributed by atoms with van der Waals surface area (Å²) in [5, 5.41) is 15.2. The van der Waals surface area contributed by atoms with Crippen LogP contribution in [-0.2, 0) is 37.4 Å². The van der Waals surface area contributed by atoms with Crippen LogP contribution in [0.25, 0.3) is 0 Å². The summed E-state index contributed by atoms with van der Waals surface area (Å²) in [5.74, 6) is -0.407. The molecule has 1 aromatic heterocycles. The molecule has 0 fully saturated rings. The number of β-amino-alcohol motifs (C(OH)–C–C–N with tert-alkyl or cyclic N) is 1. The van der Waals surface area contributed by atoms with Gasteiger partial charge in [-0.25, -0.2) is 9.78 Å². The van der Waals surface area contributed by atoms with Gasteiger partial charge in [0.2, 0.25) is 5.91 Å². The summed E-state index contributed by atoms with van der Waals surface area (Å²) in [6.07, 6.45) is 2.76. The van der Waals surface area contributed by atoms with Gasteiger partial charge in [-0.1, -0.05) is 12.1 Å². The van der Waals surface area contributed by atoms with Gasteiger partial charge >= 0.3 is 5.97 Å². The van der Waals surface area contributed by atoms with Gasteiger partial charge in [0.05, 0.1) is 31.2 Å². The average Bonchev–Trinajstić information content (AvgIpc) is 3.41. The van der Waals surface area contributed by atoms with Gasteiger partial charge in [-0.3, -0.25) is 9.59 Å². The van der Waals surface area contributed by atoms with E-state index in [1.54, 1.807) is 6.20 Å². The van der Waals surface area contributed by atoms with Crippen molar-refractivity contribution in [2.24, 2.45) is 0 Å². The Kier molecular flexibility index (Phi) is 4.70. The van der Waals surface area contributed by atoms with Crippen LogP contribution in [0.5, 0.6) is 0 Å². The van der Waals surface area contributed by atoms with Crippen molar-refractivity contribution in [2.75, 3.05) is 37.4 Å². The smallest absolute Gasteiger partial charge is 0.337 e. The van der Waals surface area contributed by atoms with Crippen molar-refractivity contribution in [1.29, 1.82) is 0 Å². The van der Waals surface area contributed by atoms with Crippen molar-refractivity contribution in [2.45, 2.75) is 18.3 Å². The molecule has 9 heteroatoms. The molecule has 0 saturated heterocycles. The van der Waals surface area contributed by atoms with Crippen LogP contribution in [0.2, 0.25) is 0 Å². The number of carbonyl (C=O) groups is 3. The maximum absolute atomic E-state index is 12.9. The van der Waals surface area contributed by atoms with Crippen molar-refractivity contribution < 1.29 is 24.2 Å². The lowest BCUT2D eigenvalue weighted by Gasteiger charge is -2.20. The molecule has 1 aliphatic carbocycles. The first-order valence-corrected chi connectivity index (χ1v) is 10.3. The molecular weight excluding hydrogens is 412 g/mol. The predicted molar refractivity (Wildman–Crippen MR) is 115 cm³/mol. The number of amides is 2. The molecule has 32 heavy (non-hydrogen) atoms. The number of fused-ring (bicyclic) bond motifs is 3. The lowest BCUT2D eigenvalue weighted by atomic mass is 9.79. The topological polar surface area (TPSA) is 121 Å². The average molecular weight is 434 g/mol. The number of esters is 1. The molecule has 1 spiro atoms. The van der Waals surface area contributed by atoms with E-state index in [9.17, 15) is 19.5 Å². The molecule has 5 rings (SSSR count). The number of benzene rings is 1. The molecule has 3 N–H and O–H groups in total. The first-order valence-electron chi connectivity index (χ1n) is 10.3. The quantitative estimate of drug-likeness (QED) is 0.594. The number of ether oxygens (including phenoxy) is 1. The highest BCUT2D eigenvalue weighted by molar-refractivity contribution is 6.09. The van der Waals surface area contributed by atoms with Crippen LogP contribution in [0.1, 0.15) is 16.7 Å². The van der Waals surface area contributed by atoms with Crippen LogP contribution in [0.15, 0.2) is 47.8 Å². The van der Waals surface area contributed by atoms with E-state index in [4.69, 9.17) is 4.74 Å². The molecule has 1 atom stereocenters. The number of anilines is 2. The molecule has 2 amide bonds. The monoisotopic (exact) mass is 434 g/mol. The van der Waals surface area contributed by atoms with Crippen LogP contribution >= 0.6 is 0 Å². The number of nitrogens with zero attached hydrogens (tertiary/aromatic N) is 2. The predicted octanol–water partition coefficient (Wildman–Crippen LogP) is 0.744. The molecule has 9 nitrogen and oxygen atoms in total. The van der Waals surface area contributed by atoms with Crippen LogP contribution in [0, 0.1) is 0 Å². The summed E-state index contributed by atoms with van der Waals surface area (Å²) in [4.78, 5) is 43.5. The van der Waals surface area contributed by atoms with Gasteiger partial charge < -0.3 is 25.4 Å². The second-order valence-electron chi connectivity index (χ2n) is 8.19. The number of nitrogens with one attached hydrogen (secondary N) is 2. The fraction of sp³-hybridized carbons (Fsp3) is 0.304. The van der Waals surface area contributed by atoms with E-state index in [-0.39, 0.29) is 42.8 Å². The molecule has 0 saturated carbocycles. The Morgan fingerprint density at radius 2 is 2.09 bits per heavy atom. The molecule has 1 aromatic carbocycles. The second-order valence-corrected chi connectivity index (χ2v) is 8.19. The number of pyridine rings is 1. The van der Waals surface area contributed by atoms with E-state index >= 15 is 0 Å². The van der Waals surface area contributed by atoms with E-state index in [0.717, 1.165) is 16.7 Å². The summed E-state index contributed by atoms with van der Waals surface area (Å²) in [6.45, 7) is -0.00102. The minimum Gasteiger partial charge on any atom is -0.466 e. The highest BCUT2D eigenvalue weighted by Crippen LogP contribution is 2.47. The third-order valence-corrected chi connectivity index (χ3v) is 6.40. The third kappa shape index (κ3) is 2.96. The Morgan fingerprint density at radius 3 is 2.88 bits per heavy atom. The zero-order valence-electron chi connectivity index (χ0n) is 17.5. The number of aliphatic hydroxyl groups excluding tert-OH is 1. The number of hydrogen-bond donors (Lipinski definition) is 3. The third-order valence-electron chi connectivity index (χ3n) is 6.40. The zero-order valence-corrected chi connectivity index (χ0v) is 17.5.